The van der Waals surface area contributed by atoms with Gasteiger partial charge in [0.05, 0.1) is 0 Å². The molecule has 0 radical (unpaired) electrons. The molecule has 6 heavy (non-hydrogen) atoms. The number of hydrogen-bond acceptors (Lipinski definition) is 0. The molecule has 0 bridgehead atoms. The van der Waals surface area contributed by atoms with Gasteiger partial charge < -0.3 is 0 Å². The normalized spacial score (nSPS) is 10.3. The van der Waals surface area contributed by atoms with Gasteiger partial charge in [0.2, 0.25) is 0 Å². The fourth-order valence-electron chi connectivity index (χ4n) is 0. The number of halogens is 1. The Balaban J connectivity index is 3.55. The van der Waals surface area contributed by atoms with Crippen molar-refractivity contribution in [2.75, 3.05) is 0 Å². The average Bonchev–Trinajstić information content (AvgIpc) is 1.35. The second kappa shape index (κ2) is 1.25. The Labute approximate surface area is 36.6 Å². The highest BCUT2D eigenvalue weighted by Crippen LogP contribution is 2.07. The summed E-state index contributed by atoms with van der Waals surface area (Å²) in [6.07, 6.45) is 0. The van der Waals surface area contributed by atoms with Crippen LogP contribution in [0.1, 0.15) is 13.8 Å². The number of nitrogens with zero attached hydrogens (tertiary/aromatic N) is 1. The summed E-state index contributed by atoms with van der Waals surface area (Å²) < 4.78 is 11.8. The van der Waals surface area contributed by atoms with E-state index in [-0.39, 0.29) is 0 Å². The van der Waals surface area contributed by atoms with E-state index in [0.29, 0.717) is 0 Å². The van der Waals surface area contributed by atoms with Gasteiger partial charge in [-0.3, -0.25) is 4.85 Å². The Bertz CT molecular complexity index is 74.5. The van der Waals surface area contributed by atoms with Crippen molar-refractivity contribution in [1.82, 2.24) is 0 Å². The zero-order valence-electron chi connectivity index (χ0n) is 3.83. The lowest BCUT2D eigenvalue weighted by Crippen LogP contribution is -2.01. The Kier molecular flexibility index (Phi) is 1.13. The van der Waals surface area contributed by atoms with Gasteiger partial charge in [0.15, 0.2) is 0 Å². The first-order valence-electron chi connectivity index (χ1n) is 1.64. The minimum atomic E-state index is -1.67. The Morgan fingerprint density at radius 3 is 1.83 bits per heavy atom. The van der Waals surface area contributed by atoms with Crippen molar-refractivity contribution in [2.45, 2.75) is 19.6 Å². The van der Waals surface area contributed by atoms with Crippen molar-refractivity contribution in [3.63, 3.8) is 0 Å². The minimum absolute atomic E-state index is 1.22. The number of hydrogen-bond donors (Lipinski definition) is 0. The molecule has 0 saturated carbocycles. The van der Waals surface area contributed by atoms with Crippen LogP contribution in [0.2, 0.25) is 0 Å². The molecule has 34 valence electrons. The maximum Gasteiger partial charge on any atom is 0.365 e. The molecule has 1 nitrogen and oxygen atoms in total. The molecule has 0 spiro atoms. The lowest BCUT2D eigenvalue weighted by Gasteiger charge is -1.91. The fourth-order valence-corrected chi connectivity index (χ4v) is 0. The third kappa shape index (κ3) is 3.42. The van der Waals surface area contributed by atoms with Gasteiger partial charge in [-0.1, -0.05) is 0 Å². The lowest BCUT2D eigenvalue weighted by molar-refractivity contribution is 0.283. The maximum absolute atomic E-state index is 11.8. The van der Waals surface area contributed by atoms with Gasteiger partial charge in [0, 0.05) is 13.8 Å². The van der Waals surface area contributed by atoms with Crippen LogP contribution in [0.4, 0.5) is 4.39 Å². The van der Waals surface area contributed by atoms with Crippen LogP contribution < -0.4 is 0 Å². The van der Waals surface area contributed by atoms with Gasteiger partial charge >= 0.3 is 5.79 Å². The second-order valence-electron chi connectivity index (χ2n) is 1.52. The van der Waals surface area contributed by atoms with E-state index < -0.39 is 5.79 Å². The van der Waals surface area contributed by atoms with E-state index in [1.165, 1.54) is 13.8 Å². The molecule has 0 aromatic heterocycles. The number of rotatable bonds is 0. The molecule has 0 fully saturated rings. The molecule has 0 rings (SSSR count). The number of alkyl halides is 1. The quantitative estimate of drug-likeness (QED) is 0.312. The first kappa shape index (κ1) is 5.42. The molecule has 0 aliphatic rings. The molecular formula is C4H6FN. The predicted molar refractivity (Wildman–Crippen MR) is 21.8 cm³/mol. The van der Waals surface area contributed by atoms with Crippen molar-refractivity contribution < 1.29 is 4.39 Å². The Morgan fingerprint density at radius 1 is 1.67 bits per heavy atom. The van der Waals surface area contributed by atoms with Crippen molar-refractivity contribution in [1.29, 1.82) is 0 Å². The Hall–Kier alpha value is -0.580. The fraction of sp³-hybridized carbons (Fsp3) is 0.750. The molecule has 2 heteroatoms. The summed E-state index contributed by atoms with van der Waals surface area (Å²) >= 11 is 0. The molecule has 0 aromatic rings. The highest BCUT2D eigenvalue weighted by Gasteiger charge is 2.17. The molecule has 0 heterocycles. The standard InChI is InChI=1S/C4H6FN/c1-4(2,5)6-3/h1-2H3. The second-order valence-corrected chi connectivity index (χ2v) is 1.52. The summed E-state index contributed by atoms with van der Waals surface area (Å²) in [7, 11) is 0. The van der Waals surface area contributed by atoms with Crippen LogP contribution in [0.15, 0.2) is 0 Å². The van der Waals surface area contributed by atoms with Crippen LogP contribution in [0.3, 0.4) is 0 Å². The highest BCUT2D eigenvalue weighted by atomic mass is 19.1. The average molecular weight is 87.1 g/mol. The van der Waals surface area contributed by atoms with E-state index in [4.69, 9.17) is 6.57 Å². The van der Waals surface area contributed by atoms with Crippen LogP contribution in [0.5, 0.6) is 0 Å². The van der Waals surface area contributed by atoms with E-state index in [1.54, 1.807) is 0 Å². The highest BCUT2D eigenvalue weighted by molar-refractivity contribution is 4.75. The van der Waals surface area contributed by atoms with Crippen molar-refractivity contribution >= 4 is 0 Å². The Morgan fingerprint density at radius 2 is 1.83 bits per heavy atom. The monoisotopic (exact) mass is 87.0 g/mol. The summed E-state index contributed by atoms with van der Waals surface area (Å²) in [4.78, 5) is 2.60. The van der Waals surface area contributed by atoms with Crippen LogP contribution in [0.25, 0.3) is 4.85 Å². The van der Waals surface area contributed by atoms with E-state index in [0.717, 1.165) is 0 Å². The van der Waals surface area contributed by atoms with Crippen molar-refractivity contribution in [2.24, 2.45) is 0 Å². The van der Waals surface area contributed by atoms with Crippen molar-refractivity contribution in [3.8, 4) is 0 Å². The van der Waals surface area contributed by atoms with Gasteiger partial charge in [-0.15, -0.1) is 0 Å². The van der Waals surface area contributed by atoms with Crippen LogP contribution in [0, 0.1) is 6.57 Å². The molecule has 0 amide bonds. The van der Waals surface area contributed by atoms with E-state index in [9.17, 15) is 4.39 Å². The first-order chi connectivity index (χ1) is 2.56. The summed E-state index contributed by atoms with van der Waals surface area (Å²) in [5, 5.41) is 0. The van der Waals surface area contributed by atoms with Gasteiger partial charge in [-0.05, 0) is 0 Å². The van der Waals surface area contributed by atoms with E-state index >= 15 is 0 Å². The molecule has 0 N–H and O–H groups in total. The molecule has 0 aliphatic carbocycles. The van der Waals surface area contributed by atoms with Gasteiger partial charge in [-0.2, -0.15) is 4.39 Å². The molecule has 0 aromatic carbocycles. The molecule has 0 atom stereocenters. The zero-order chi connectivity index (χ0) is 5.21. The summed E-state index contributed by atoms with van der Waals surface area (Å²) in [6, 6.07) is 0. The lowest BCUT2D eigenvalue weighted by atomic mass is 10.4. The summed E-state index contributed by atoms with van der Waals surface area (Å²) in [6.45, 7) is 8.55. The van der Waals surface area contributed by atoms with Crippen molar-refractivity contribution in [3.05, 3.63) is 11.4 Å². The van der Waals surface area contributed by atoms with E-state index in [1.807, 2.05) is 0 Å². The minimum Gasteiger partial charge on any atom is -0.276 e. The van der Waals surface area contributed by atoms with Crippen LogP contribution >= 0.6 is 0 Å². The first-order valence-corrected chi connectivity index (χ1v) is 1.64. The third-order valence-electron chi connectivity index (χ3n) is 0.266. The topological polar surface area (TPSA) is 4.36 Å². The van der Waals surface area contributed by atoms with Crippen LogP contribution in [-0.4, -0.2) is 5.79 Å². The predicted octanol–water partition coefficient (Wildman–Crippen LogP) is 1.61. The zero-order valence-corrected chi connectivity index (χ0v) is 3.83. The largest absolute Gasteiger partial charge is 0.365 e. The van der Waals surface area contributed by atoms with Gasteiger partial charge in [0.25, 0.3) is 0 Å². The summed E-state index contributed by atoms with van der Waals surface area (Å²) in [5.41, 5.74) is 0. The van der Waals surface area contributed by atoms with Crippen LogP contribution in [-0.2, 0) is 0 Å². The third-order valence-corrected chi connectivity index (χ3v) is 0.266. The molecule has 0 saturated heterocycles. The van der Waals surface area contributed by atoms with Gasteiger partial charge in [-0.25, -0.2) is 6.57 Å². The van der Waals surface area contributed by atoms with E-state index in [2.05, 4.69) is 4.85 Å². The molecule has 0 aliphatic heterocycles. The summed E-state index contributed by atoms with van der Waals surface area (Å²) in [5.74, 6) is -1.67. The maximum atomic E-state index is 11.8. The van der Waals surface area contributed by atoms with Gasteiger partial charge in [0.1, 0.15) is 0 Å². The molecule has 0 unspecified atom stereocenters. The smallest absolute Gasteiger partial charge is 0.276 e. The molecular weight excluding hydrogens is 81.0 g/mol. The SMILES string of the molecule is [C-]#[N+]C(C)(C)F.